The number of amidine groups is 1. The fourth-order valence-electron chi connectivity index (χ4n) is 5.90. The van der Waals surface area contributed by atoms with Crippen LogP contribution in [-0.2, 0) is 14.4 Å². The van der Waals surface area contributed by atoms with Crippen molar-refractivity contribution in [1.29, 1.82) is 0 Å². The minimum absolute atomic E-state index is 0.0709. The Morgan fingerprint density at radius 3 is 1.79 bits per heavy atom. The monoisotopic (exact) mass is 547 g/mol. The van der Waals surface area contributed by atoms with Crippen molar-refractivity contribution in [2.45, 2.75) is 9.79 Å². The maximum Gasteiger partial charge on any atom is 0.245 e. The summed E-state index contributed by atoms with van der Waals surface area (Å²) in [4.78, 5) is 5.64. The molecule has 0 amide bonds. The number of hydrogen-bond donors (Lipinski definition) is 0. The molecule has 1 unspecified atom stereocenters. The smallest absolute Gasteiger partial charge is 0.245 e. The Labute approximate surface area is 227 Å². The van der Waals surface area contributed by atoms with Gasteiger partial charge < -0.3 is 4.57 Å². The average molecular weight is 548 g/mol. The molecule has 0 spiro atoms. The van der Waals surface area contributed by atoms with Crippen molar-refractivity contribution in [3.63, 3.8) is 0 Å². The van der Waals surface area contributed by atoms with Gasteiger partial charge in [0.05, 0.1) is 17.9 Å². The highest BCUT2D eigenvalue weighted by Crippen LogP contribution is 2.59. The van der Waals surface area contributed by atoms with E-state index in [9.17, 15) is 8.42 Å². The number of para-hydroxylation sites is 1. The van der Waals surface area contributed by atoms with Gasteiger partial charge in [-0.1, -0.05) is 91.0 Å². The molecule has 7 heteroatoms. The summed E-state index contributed by atoms with van der Waals surface area (Å²) < 4.78 is 43.5. The van der Waals surface area contributed by atoms with E-state index < -0.39 is 17.0 Å². The van der Waals surface area contributed by atoms with Crippen LogP contribution in [0.3, 0.4) is 0 Å². The largest absolute Gasteiger partial charge is 0.309 e. The Hall–Kier alpha value is -4.09. The van der Waals surface area contributed by atoms with E-state index in [0.29, 0.717) is 38.8 Å². The van der Waals surface area contributed by atoms with Gasteiger partial charge >= 0.3 is 0 Å². The second-order valence-corrected chi connectivity index (χ2v) is 14.5. The van der Waals surface area contributed by atoms with Gasteiger partial charge in [0, 0.05) is 16.7 Å². The van der Waals surface area contributed by atoms with Crippen molar-refractivity contribution in [3.8, 4) is 0 Å². The standard InChI is InChI=1S/C32H24N2O3PS/c1-34-26-19-11-12-20-28(26)39(36,37)29-22-21-27(30(31(29)34)33-32(34)23-13-5-2-6-14-23)38(35,24-15-7-3-8-16-24)25-17-9-4-10-18-25/h2-22H,1H3/q+1. The zero-order valence-electron chi connectivity index (χ0n) is 21.1. The Bertz CT molecular complexity index is 1910. The van der Waals surface area contributed by atoms with Crippen LogP contribution < -0.4 is 20.4 Å². The maximum absolute atomic E-state index is 15.4. The van der Waals surface area contributed by atoms with Crippen LogP contribution in [0.4, 0.5) is 17.1 Å². The molecule has 0 bridgehead atoms. The van der Waals surface area contributed by atoms with E-state index >= 15 is 4.57 Å². The first-order valence-electron chi connectivity index (χ1n) is 12.6. The Kier molecular flexibility index (Phi) is 5.20. The lowest BCUT2D eigenvalue weighted by molar-refractivity contribution is 0.576. The molecule has 5 nitrogen and oxygen atoms in total. The number of hydrogen-bond acceptors (Lipinski definition) is 4. The summed E-state index contributed by atoms with van der Waals surface area (Å²) in [6.07, 6.45) is 0. The van der Waals surface area contributed by atoms with Crippen molar-refractivity contribution in [2.24, 2.45) is 4.99 Å². The van der Waals surface area contributed by atoms with Gasteiger partial charge in [-0.15, -0.1) is 0 Å². The molecule has 0 aromatic heterocycles. The maximum atomic E-state index is 15.4. The Balaban J connectivity index is 1.63. The minimum atomic E-state index is -3.83. The van der Waals surface area contributed by atoms with Crippen molar-refractivity contribution in [1.82, 2.24) is 4.48 Å². The summed E-state index contributed by atoms with van der Waals surface area (Å²) in [5.74, 6) is 0.689. The van der Waals surface area contributed by atoms with E-state index in [1.807, 2.05) is 110 Å². The Morgan fingerprint density at radius 2 is 1.18 bits per heavy atom. The zero-order chi connectivity index (χ0) is 26.8. The van der Waals surface area contributed by atoms with E-state index in [1.54, 1.807) is 24.3 Å². The summed E-state index contributed by atoms with van der Waals surface area (Å²) in [6.45, 7) is 0. The lowest BCUT2D eigenvalue weighted by Gasteiger charge is -2.36. The molecule has 0 N–H and O–H groups in total. The molecular weight excluding hydrogens is 523 g/mol. The molecule has 0 saturated heterocycles. The highest BCUT2D eigenvalue weighted by molar-refractivity contribution is 7.92. The predicted octanol–water partition coefficient (Wildman–Crippen LogP) is 5.83. The van der Waals surface area contributed by atoms with Crippen LogP contribution >= 0.6 is 7.14 Å². The normalized spacial score (nSPS) is 18.6. The number of rotatable bonds is 4. The molecule has 0 aliphatic carbocycles. The van der Waals surface area contributed by atoms with Crippen molar-refractivity contribution in [2.75, 3.05) is 7.05 Å². The van der Waals surface area contributed by atoms with Crippen LogP contribution in [0.25, 0.3) is 0 Å². The van der Waals surface area contributed by atoms with Gasteiger partial charge in [0.1, 0.15) is 15.5 Å². The quantitative estimate of drug-likeness (QED) is 0.210. The first kappa shape index (κ1) is 24.0. The third kappa shape index (κ3) is 3.20. The highest BCUT2D eigenvalue weighted by Gasteiger charge is 2.55. The molecule has 1 atom stereocenters. The minimum Gasteiger partial charge on any atom is -0.309 e. The molecule has 2 aliphatic heterocycles. The van der Waals surface area contributed by atoms with Crippen molar-refractivity contribution in [3.05, 3.63) is 133 Å². The lowest BCUT2D eigenvalue weighted by atomic mass is 10.1. The first-order chi connectivity index (χ1) is 18.9. The van der Waals surface area contributed by atoms with Crippen LogP contribution in [-0.4, -0.2) is 21.3 Å². The van der Waals surface area contributed by atoms with E-state index in [-0.39, 0.29) is 14.3 Å². The molecule has 0 radical (unpaired) electrons. The number of benzene rings is 5. The number of quaternary nitrogens is 1. The van der Waals surface area contributed by atoms with E-state index in [1.165, 1.54) is 0 Å². The molecule has 2 heterocycles. The average Bonchev–Trinajstić information content (AvgIpc) is 3.31. The molecule has 7 rings (SSSR count). The SMILES string of the molecule is C[N+]12C(c3ccccc3)=Nc3c(P(=O)(c4ccccc4)c4ccccc4)ccc(c31)S(=O)(=O)c1ccccc12. The summed E-state index contributed by atoms with van der Waals surface area (Å²) in [6, 6.07) is 39.0. The van der Waals surface area contributed by atoms with Gasteiger partial charge in [-0.25, -0.2) is 12.9 Å². The van der Waals surface area contributed by atoms with Gasteiger partial charge in [-0.3, -0.25) is 0 Å². The van der Waals surface area contributed by atoms with Gasteiger partial charge in [-0.05, 0) is 30.3 Å². The molecule has 0 saturated carbocycles. The van der Waals surface area contributed by atoms with E-state index in [4.69, 9.17) is 4.99 Å². The second-order valence-electron chi connectivity index (χ2n) is 9.84. The first-order valence-corrected chi connectivity index (χ1v) is 15.8. The van der Waals surface area contributed by atoms with Crippen LogP contribution in [0, 0.1) is 0 Å². The van der Waals surface area contributed by atoms with E-state index in [2.05, 4.69) is 0 Å². The van der Waals surface area contributed by atoms with Crippen LogP contribution in [0.2, 0.25) is 0 Å². The fraction of sp³-hybridized carbons (Fsp3) is 0.0312. The molecular formula is C32H24N2O3PS+. The summed E-state index contributed by atoms with van der Waals surface area (Å²) >= 11 is 0. The van der Waals surface area contributed by atoms with Gasteiger partial charge in [-0.2, -0.15) is 4.99 Å². The summed E-state index contributed by atoms with van der Waals surface area (Å²) in [5, 5.41) is 1.87. The highest BCUT2D eigenvalue weighted by atomic mass is 32.2. The van der Waals surface area contributed by atoms with Gasteiger partial charge in [0.15, 0.2) is 18.5 Å². The molecule has 190 valence electrons. The van der Waals surface area contributed by atoms with Gasteiger partial charge in [0.2, 0.25) is 15.7 Å². The molecule has 39 heavy (non-hydrogen) atoms. The molecule has 2 aliphatic rings. The van der Waals surface area contributed by atoms with E-state index in [0.717, 1.165) is 5.56 Å². The summed E-state index contributed by atoms with van der Waals surface area (Å²) in [5.41, 5.74) is 2.49. The number of fused-ring (bicyclic) bond motifs is 2. The number of aliphatic imine (C=N–C) groups is 1. The van der Waals surface area contributed by atoms with Crippen molar-refractivity contribution < 1.29 is 13.0 Å². The van der Waals surface area contributed by atoms with Crippen LogP contribution in [0.15, 0.2) is 142 Å². The number of sulfone groups is 1. The Morgan fingerprint density at radius 1 is 0.641 bits per heavy atom. The predicted molar refractivity (Wildman–Crippen MR) is 158 cm³/mol. The number of nitrogens with zero attached hydrogens (tertiary/aromatic N) is 2. The third-order valence-electron chi connectivity index (χ3n) is 7.72. The van der Waals surface area contributed by atoms with Crippen LogP contribution in [0.5, 0.6) is 0 Å². The second kappa shape index (κ2) is 8.45. The topological polar surface area (TPSA) is 63.6 Å². The lowest BCUT2D eigenvalue weighted by Crippen LogP contribution is -2.47. The molecule has 5 aromatic rings. The summed E-state index contributed by atoms with van der Waals surface area (Å²) in [7, 11) is -5.29. The zero-order valence-corrected chi connectivity index (χ0v) is 22.8. The third-order valence-corrected chi connectivity index (χ3v) is 12.6. The molecule has 5 aromatic carbocycles. The van der Waals surface area contributed by atoms with Crippen molar-refractivity contribution >= 4 is 55.8 Å². The fourth-order valence-corrected chi connectivity index (χ4v) is 10.5. The van der Waals surface area contributed by atoms with Gasteiger partial charge in [0.25, 0.3) is 0 Å². The molecule has 0 fully saturated rings. The van der Waals surface area contributed by atoms with Crippen LogP contribution in [0.1, 0.15) is 5.56 Å².